The van der Waals surface area contributed by atoms with Crippen molar-refractivity contribution in [1.82, 2.24) is 0 Å². The Labute approximate surface area is 165 Å². The van der Waals surface area contributed by atoms with Crippen molar-refractivity contribution in [1.29, 1.82) is 0 Å². The van der Waals surface area contributed by atoms with Crippen molar-refractivity contribution in [3.8, 4) is 0 Å². The number of benzene rings is 1. The summed E-state index contributed by atoms with van der Waals surface area (Å²) in [6.45, 7) is 6.67. The van der Waals surface area contributed by atoms with Crippen molar-refractivity contribution in [2.24, 2.45) is 23.7 Å². The van der Waals surface area contributed by atoms with Gasteiger partial charge in [0.25, 0.3) is 0 Å². The van der Waals surface area contributed by atoms with Gasteiger partial charge in [0, 0.05) is 18.3 Å². The predicted octanol–water partition coefficient (Wildman–Crippen LogP) is 4.55. The van der Waals surface area contributed by atoms with E-state index in [2.05, 4.69) is 13.8 Å². The molecule has 0 unspecified atom stereocenters. The molecule has 28 heavy (non-hydrogen) atoms. The maximum Gasteiger partial charge on any atom is 0.201 e. The summed E-state index contributed by atoms with van der Waals surface area (Å²) in [5, 5.41) is 0. The van der Waals surface area contributed by atoms with E-state index in [9.17, 15) is 4.39 Å². The van der Waals surface area contributed by atoms with E-state index >= 15 is 0 Å². The first-order chi connectivity index (χ1) is 13.4. The molecule has 0 N–H and O–H groups in total. The van der Waals surface area contributed by atoms with E-state index in [-0.39, 0.29) is 17.7 Å². The number of fused-ring (bicyclic) bond motifs is 2. The van der Waals surface area contributed by atoms with Crippen molar-refractivity contribution >= 4 is 0 Å². The highest BCUT2D eigenvalue weighted by molar-refractivity contribution is 5.15. The van der Waals surface area contributed by atoms with E-state index in [1.807, 2.05) is 13.0 Å². The fourth-order valence-electron chi connectivity index (χ4n) is 5.87. The van der Waals surface area contributed by atoms with Crippen LogP contribution >= 0.6 is 0 Å². The van der Waals surface area contributed by atoms with E-state index < -0.39 is 24.0 Å². The summed E-state index contributed by atoms with van der Waals surface area (Å²) in [5.74, 6) is 0.177. The van der Waals surface area contributed by atoms with Gasteiger partial charge in [-0.3, -0.25) is 0 Å². The third-order valence-electron chi connectivity index (χ3n) is 7.40. The van der Waals surface area contributed by atoms with Gasteiger partial charge < -0.3 is 14.2 Å². The van der Waals surface area contributed by atoms with Crippen LogP contribution in [0.25, 0.3) is 0 Å². The molecule has 4 aliphatic heterocycles. The molecule has 5 fully saturated rings. The average Bonchev–Trinajstić information content (AvgIpc) is 2.90. The third-order valence-corrected chi connectivity index (χ3v) is 7.40. The molecule has 5 aliphatic rings. The van der Waals surface area contributed by atoms with Crippen LogP contribution in [0.5, 0.6) is 0 Å². The Morgan fingerprint density at radius 1 is 1.14 bits per heavy atom. The monoisotopic (exact) mass is 392 g/mol. The lowest BCUT2D eigenvalue weighted by Gasteiger charge is -2.60. The fourth-order valence-corrected chi connectivity index (χ4v) is 5.87. The molecule has 154 valence electrons. The van der Waals surface area contributed by atoms with Gasteiger partial charge >= 0.3 is 0 Å². The van der Waals surface area contributed by atoms with Crippen LogP contribution in [0.1, 0.15) is 52.0 Å². The van der Waals surface area contributed by atoms with Crippen molar-refractivity contribution in [2.75, 3.05) is 0 Å². The molecule has 1 spiro atoms. The Bertz CT molecular complexity index is 743. The minimum Gasteiger partial charge on any atom is -0.348 e. The molecule has 6 heteroatoms. The van der Waals surface area contributed by atoms with Crippen LogP contribution < -0.4 is 0 Å². The first-order valence-corrected chi connectivity index (χ1v) is 10.5. The molecule has 1 saturated carbocycles. The topological polar surface area (TPSA) is 46.2 Å². The minimum atomic E-state index is -0.786. The van der Waals surface area contributed by atoms with Crippen LogP contribution in [0.4, 0.5) is 4.39 Å². The molecule has 4 saturated heterocycles. The van der Waals surface area contributed by atoms with Crippen LogP contribution in [-0.2, 0) is 30.6 Å². The quantitative estimate of drug-likeness (QED) is 0.706. The highest BCUT2D eigenvalue weighted by Crippen LogP contribution is 2.60. The standard InChI is InChI=1S/C22H29FO5/c1-13-7-8-18-14(2)19(24-12-15-5-4-6-16(23)11-15)25-20-22(18)17(13)9-10-21(3,26-20)27-28-22/h4-6,11,13-14,17-20H,7-10,12H2,1-3H3/t13-,14-,17+,18+,19+,20-,21-,22-/m1/s1. The number of hydrogen-bond acceptors (Lipinski definition) is 5. The summed E-state index contributed by atoms with van der Waals surface area (Å²) in [7, 11) is 0. The second-order valence-corrected chi connectivity index (χ2v) is 9.21. The highest BCUT2D eigenvalue weighted by atomic mass is 19.1. The van der Waals surface area contributed by atoms with Crippen molar-refractivity contribution in [3.05, 3.63) is 35.6 Å². The van der Waals surface area contributed by atoms with Gasteiger partial charge in [-0.2, -0.15) is 0 Å². The Morgan fingerprint density at radius 2 is 2.00 bits per heavy atom. The van der Waals surface area contributed by atoms with Gasteiger partial charge in [-0.15, -0.1) is 0 Å². The Balaban J connectivity index is 1.41. The lowest BCUT2D eigenvalue weighted by Crippen LogP contribution is -2.70. The summed E-state index contributed by atoms with van der Waals surface area (Å²) >= 11 is 0. The molecule has 8 atom stereocenters. The summed E-state index contributed by atoms with van der Waals surface area (Å²) in [6, 6.07) is 6.49. The van der Waals surface area contributed by atoms with Gasteiger partial charge in [-0.25, -0.2) is 14.2 Å². The van der Waals surface area contributed by atoms with Crippen LogP contribution in [0.15, 0.2) is 24.3 Å². The van der Waals surface area contributed by atoms with Crippen molar-refractivity contribution in [3.63, 3.8) is 0 Å². The van der Waals surface area contributed by atoms with E-state index in [1.165, 1.54) is 12.1 Å². The second-order valence-electron chi connectivity index (χ2n) is 9.21. The molecular weight excluding hydrogens is 363 g/mol. The smallest absolute Gasteiger partial charge is 0.201 e. The van der Waals surface area contributed by atoms with Gasteiger partial charge in [0.1, 0.15) is 5.82 Å². The molecule has 1 aromatic rings. The van der Waals surface area contributed by atoms with Gasteiger partial charge in [0.05, 0.1) is 6.61 Å². The molecule has 5 nitrogen and oxygen atoms in total. The van der Waals surface area contributed by atoms with E-state index in [0.29, 0.717) is 18.4 Å². The minimum absolute atomic E-state index is 0.120. The molecular formula is C22H29FO5. The molecule has 1 aliphatic carbocycles. The van der Waals surface area contributed by atoms with Crippen LogP contribution in [-0.4, -0.2) is 24.0 Å². The highest BCUT2D eigenvalue weighted by Gasteiger charge is 2.69. The molecule has 0 radical (unpaired) electrons. The van der Waals surface area contributed by atoms with Gasteiger partial charge in [-0.05, 0) is 55.7 Å². The van der Waals surface area contributed by atoms with Crippen LogP contribution in [0.2, 0.25) is 0 Å². The lowest BCUT2D eigenvalue weighted by molar-refractivity contribution is -0.577. The SMILES string of the molecule is C[C@H]1[C@@H](OCc2cccc(F)c2)O[C@@H]2O[C@@]3(C)CC[C@H]4[C@H](C)CC[C@@H]1[C@@]24OO3. The average molecular weight is 392 g/mol. The Hall–Kier alpha value is -1.05. The number of rotatable bonds is 3. The molecule has 4 heterocycles. The van der Waals surface area contributed by atoms with Crippen LogP contribution in [0.3, 0.4) is 0 Å². The summed E-state index contributed by atoms with van der Waals surface area (Å²) in [4.78, 5) is 12.0. The van der Waals surface area contributed by atoms with Crippen molar-refractivity contribution < 1.29 is 28.4 Å². The Morgan fingerprint density at radius 3 is 2.82 bits per heavy atom. The number of ether oxygens (including phenoxy) is 3. The number of hydrogen-bond donors (Lipinski definition) is 0. The zero-order chi connectivity index (χ0) is 19.5. The zero-order valence-electron chi connectivity index (χ0n) is 16.7. The maximum absolute atomic E-state index is 13.5. The van der Waals surface area contributed by atoms with E-state index in [0.717, 1.165) is 31.2 Å². The van der Waals surface area contributed by atoms with Crippen LogP contribution in [0, 0.1) is 29.5 Å². The summed E-state index contributed by atoms with van der Waals surface area (Å²) < 4.78 is 32.3. The third kappa shape index (κ3) is 2.84. The lowest BCUT2D eigenvalue weighted by atomic mass is 9.58. The Kier molecular flexibility index (Phi) is 4.56. The maximum atomic E-state index is 13.5. The van der Waals surface area contributed by atoms with Gasteiger partial charge in [0.2, 0.25) is 5.79 Å². The van der Waals surface area contributed by atoms with Gasteiger partial charge in [-0.1, -0.05) is 26.0 Å². The largest absolute Gasteiger partial charge is 0.348 e. The summed E-state index contributed by atoms with van der Waals surface area (Å²) in [6.07, 6.45) is 3.05. The number of halogens is 1. The predicted molar refractivity (Wildman–Crippen MR) is 98.0 cm³/mol. The van der Waals surface area contributed by atoms with E-state index in [4.69, 9.17) is 24.0 Å². The van der Waals surface area contributed by atoms with Crippen molar-refractivity contribution in [2.45, 2.75) is 77.0 Å². The zero-order valence-corrected chi connectivity index (χ0v) is 16.7. The molecule has 0 aromatic heterocycles. The first-order valence-electron chi connectivity index (χ1n) is 10.5. The van der Waals surface area contributed by atoms with Gasteiger partial charge in [0.15, 0.2) is 18.2 Å². The normalized spacial score (nSPS) is 47.4. The second kappa shape index (κ2) is 6.74. The molecule has 2 bridgehead atoms. The molecule has 6 rings (SSSR count). The molecule has 1 aromatic carbocycles. The summed E-state index contributed by atoms with van der Waals surface area (Å²) in [5.41, 5.74) is 0.215. The fraction of sp³-hybridized carbons (Fsp3) is 0.727. The van der Waals surface area contributed by atoms with E-state index in [1.54, 1.807) is 6.07 Å². The first kappa shape index (κ1) is 18.9. The molecule has 0 amide bonds.